The number of benzene rings is 2. The smallest absolute Gasteiger partial charge is 0.321 e. The molecule has 0 amide bonds. The predicted molar refractivity (Wildman–Crippen MR) is 81.3 cm³/mol. The highest BCUT2D eigenvalue weighted by atomic mass is 32.2. The lowest BCUT2D eigenvalue weighted by Crippen LogP contribution is -2.12. The fourth-order valence-corrected chi connectivity index (χ4v) is 2.49. The number of nitrogens with zero attached hydrogens (tertiary/aromatic N) is 1. The molecule has 2 aromatic carbocycles. The summed E-state index contributed by atoms with van der Waals surface area (Å²) < 4.78 is 5.10. The second-order valence-corrected chi connectivity index (χ2v) is 5.16. The van der Waals surface area contributed by atoms with Gasteiger partial charge in [0.15, 0.2) is 6.29 Å². The average Bonchev–Trinajstić information content (AvgIpc) is 2.53. The largest absolute Gasteiger partial charge is 0.425 e. The first kappa shape index (κ1) is 15.7. The van der Waals surface area contributed by atoms with Crippen LogP contribution in [-0.2, 0) is 4.79 Å². The van der Waals surface area contributed by atoms with Crippen molar-refractivity contribution in [3.8, 4) is 5.75 Å². The van der Waals surface area contributed by atoms with Gasteiger partial charge in [-0.05, 0) is 18.2 Å². The van der Waals surface area contributed by atoms with E-state index >= 15 is 0 Å². The van der Waals surface area contributed by atoms with Crippen molar-refractivity contribution in [1.82, 2.24) is 0 Å². The lowest BCUT2D eigenvalue weighted by atomic mass is 10.2. The number of hydrogen-bond acceptors (Lipinski definition) is 6. The van der Waals surface area contributed by atoms with Crippen molar-refractivity contribution in [1.29, 1.82) is 0 Å². The Kier molecular flexibility index (Phi) is 5.26. The molecule has 0 aliphatic heterocycles. The van der Waals surface area contributed by atoms with Crippen molar-refractivity contribution in [2.75, 3.05) is 5.75 Å². The summed E-state index contributed by atoms with van der Waals surface area (Å²) in [5, 5.41) is 10.9. The summed E-state index contributed by atoms with van der Waals surface area (Å²) in [5.41, 5.74) is 0.208. The maximum atomic E-state index is 11.8. The number of rotatable bonds is 6. The normalized spacial score (nSPS) is 10.0. The molecule has 0 saturated carbocycles. The second-order valence-electron chi connectivity index (χ2n) is 4.14. The highest BCUT2D eigenvalue weighted by Crippen LogP contribution is 2.28. The van der Waals surface area contributed by atoms with Crippen LogP contribution >= 0.6 is 11.8 Å². The molecular weight excluding hydrogens is 306 g/mol. The predicted octanol–water partition coefficient (Wildman–Crippen LogP) is 3.11. The third kappa shape index (κ3) is 3.92. The van der Waals surface area contributed by atoms with Crippen LogP contribution in [0.5, 0.6) is 5.75 Å². The van der Waals surface area contributed by atoms with Crippen LogP contribution < -0.4 is 4.74 Å². The Morgan fingerprint density at radius 1 is 1.18 bits per heavy atom. The SMILES string of the molecule is O=Cc1ccccc1OC(=O)CSc1ccccc1[N+](=O)[O-]. The molecule has 0 atom stereocenters. The van der Waals surface area contributed by atoms with Crippen LogP contribution in [0.1, 0.15) is 10.4 Å². The van der Waals surface area contributed by atoms with Crippen LogP contribution in [-0.4, -0.2) is 22.9 Å². The Morgan fingerprint density at radius 2 is 1.86 bits per heavy atom. The molecule has 0 aliphatic carbocycles. The standard InChI is InChI=1S/C15H11NO5S/c17-9-11-5-1-3-7-13(11)21-15(18)10-22-14-8-4-2-6-12(14)16(19)20/h1-9H,10H2. The van der Waals surface area contributed by atoms with Gasteiger partial charge < -0.3 is 4.74 Å². The first-order chi connectivity index (χ1) is 10.6. The number of hydrogen-bond donors (Lipinski definition) is 0. The number of para-hydroxylation sites is 2. The fourth-order valence-electron chi connectivity index (χ4n) is 1.69. The lowest BCUT2D eigenvalue weighted by molar-refractivity contribution is -0.387. The minimum Gasteiger partial charge on any atom is -0.425 e. The van der Waals surface area contributed by atoms with E-state index in [1.54, 1.807) is 30.3 Å². The minimum atomic E-state index is -0.586. The van der Waals surface area contributed by atoms with Gasteiger partial charge >= 0.3 is 5.97 Å². The van der Waals surface area contributed by atoms with E-state index in [9.17, 15) is 19.7 Å². The van der Waals surface area contributed by atoms with Gasteiger partial charge in [-0.25, -0.2) is 0 Å². The molecule has 0 saturated heterocycles. The second kappa shape index (κ2) is 7.37. The van der Waals surface area contributed by atoms with Crippen molar-refractivity contribution in [3.63, 3.8) is 0 Å². The number of ether oxygens (including phenoxy) is 1. The Labute approximate surface area is 130 Å². The maximum Gasteiger partial charge on any atom is 0.321 e. The molecule has 22 heavy (non-hydrogen) atoms. The lowest BCUT2D eigenvalue weighted by Gasteiger charge is -2.06. The number of esters is 1. The van der Waals surface area contributed by atoms with Crippen LogP contribution in [0, 0.1) is 10.1 Å². The van der Waals surface area contributed by atoms with E-state index in [2.05, 4.69) is 0 Å². The van der Waals surface area contributed by atoms with Crippen molar-refractivity contribution >= 4 is 29.7 Å². The third-order valence-electron chi connectivity index (χ3n) is 2.68. The van der Waals surface area contributed by atoms with Gasteiger partial charge in [0.1, 0.15) is 5.75 Å². The molecule has 0 N–H and O–H groups in total. The molecule has 0 bridgehead atoms. The van der Waals surface area contributed by atoms with Gasteiger partial charge in [-0.15, -0.1) is 11.8 Å². The van der Waals surface area contributed by atoms with Gasteiger partial charge in [-0.3, -0.25) is 19.7 Å². The summed E-state index contributed by atoms with van der Waals surface area (Å²) in [6.45, 7) is 0. The van der Waals surface area contributed by atoms with Crippen LogP contribution in [0.25, 0.3) is 0 Å². The van der Waals surface area contributed by atoms with E-state index in [4.69, 9.17) is 4.74 Å². The summed E-state index contributed by atoms with van der Waals surface area (Å²) in [6.07, 6.45) is 0.595. The Bertz CT molecular complexity index is 717. The van der Waals surface area contributed by atoms with Crippen LogP contribution in [0.4, 0.5) is 5.69 Å². The highest BCUT2D eigenvalue weighted by molar-refractivity contribution is 8.00. The topological polar surface area (TPSA) is 86.5 Å². The van der Waals surface area contributed by atoms with E-state index in [-0.39, 0.29) is 22.8 Å². The molecule has 2 aromatic rings. The van der Waals surface area contributed by atoms with Gasteiger partial charge in [0.25, 0.3) is 5.69 Å². The molecule has 7 heteroatoms. The highest BCUT2D eigenvalue weighted by Gasteiger charge is 2.15. The Morgan fingerprint density at radius 3 is 2.59 bits per heavy atom. The minimum absolute atomic E-state index is 0.0615. The van der Waals surface area contributed by atoms with E-state index in [0.29, 0.717) is 11.2 Å². The quantitative estimate of drug-likeness (QED) is 0.203. The van der Waals surface area contributed by atoms with Gasteiger partial charge in [0.05, 0.1) is 21.1 Å². The number of carbonyl (C=O) groups excluding carboxylic acids is 2. The molecule has 0 aromatic heterocycles. The first-order valence-electron chi connectivity index (χ1n) is 6.23. The fraction of sp³-hybridized carbons (Fsp3) is 0.0667. The van der Waals surface area contributed by atoms with Gasteiger partial charge in [-0.2, -0.15) is 0 Å². The molecule has 0 radical (unpaired) electrons. The molecular formula is C15H11NO5S. The number of thioether (sulfide) groups is 1. The van der Waals surface area contributed by atoms with Gasteiger partial charge in [0, 0.05) is 6.07 Å². The Hall–Kier alpha value is -2.67. The summed E-state index contributed by atoms with van der Waals surface area (Å²) in [4.78, 5) is 33.4. The summed E-state index contributed by atoms with van der Waals surface area (Å²) in [7, 11) is 0. The van der Waals surface area contributed by atoms with Crippen molar-refractivity contribution in [3.05, 3.63) is 64.2 Å². The maximum absolute atomic E-state index is 11.8. The van der Waals surface area contributed by atoms with Gasteiger partial charge in [0.2, 0.25) is 0 Å². The van der Waals surface area contributed by atoms with E-state index in [1.807, 2.05) is 0 Å². The Balaban J connectivity index is 2.02. The zero-order valence-corrected chi connectivity index (χ0v) is 12.1. The number of nitro benzene ring substituents is 1. The molecule has 0 aliphatic rings. The monoisotopic (exact) mass is 317 g/mol. The van der Waals surface area contributed by atoms with Crippen LogP contribution in [0.3, 0.4) is 0 Å². The number of aldehydes is 1. The van der Waals surface area contributed by atoms with Crippen molar-refractivity contribution in [2.45, 2.75) is 4.90 Å². The zero-order valence-electron chi connectivity index (χ0n) is 11.3. The average molecular weight is 317 g/mol. The first-order valence-corrected chi connectivity index (χ1v) is 7.21. The van der Waals surface area contributed by atoms with Crippen LogP contribution in [0.15, 0.2) is 53.4 Å². The molecule has 0 spiro atoms. The molecule has 6 nitrogen and oxygen atoms in total. The van der Waals surface area contributed by atoms with Crippen LogP contribution in [0.2, 0.25) is 0 Å². The summed E-state index contributed by atoms with van der Waals surface area (Å²) in [6, 6.07) is 12.5. The van der Waals surface area contributed by atoms with Crippen molar-refractivity contribution in [2.24, 2.45) is 0 Å². The van der Waals surface area contributed by atoms with E-state index in [1.165, 1.54) is 18.2 Å². The van der Waals surface area contributed by atoms with Crippen molar-refractivity contribution < 1.29 is 19.2 Å². The summed E-state index contributed by atoms with van der Waals surface area (Å²) >= 11 is 1.01. The number of carbonyl (C=O) groups is 2. The number of nitro groups is 1. The molecule has 0 heterocycles. The molecule has 0 fully saturated rings. The zero-order chi connectivity index (χ0) is 15.9. The summed E-state index contributed by atoms with van der Waals surface area (Å²) in [5.74, 6) is -0.513. The van der Waals surface area contributed by atoms with Gasteiger partial charge in [-0.1, -0.05) is 24.3 Å². The molecule has 112 valence electrons. The third-order valence-corrected chi connectivity index (χ3v) is 3.71. The molecule has 0 unspecified atom stereocenters. The van der Waals surface area contributed by atoms with E-state index in [0.717, 1.165) is 11.8 Å². The van der Waals surface area contributed by atoms with E-state index < -0.39 is 10.9 Å². The molecule has 2 rings (SSSR count).